The highest BCUT2D eigenvalue weighted by molar-refractivity contribution is 5.97. The molecule has 11 heavy (non-hydrogen) atoms. The molecular weight excluding hydrogens is 148 g/mol. The number of carboxylic acid groups (broad SMARTS) is 1. The van der Waals surface area contributed by atoms with E-state index in [4.69, 9.17) is 5.11 Å². The summed E-state index contributed by atoms with van der Waals surface area (Å²) >= 11 is 0. The lowest BCUT2D eigenvalue weighted by molar-refractivity contribution is -0.137. The Balaban J connectivity index is 2.61. The summed E-state index contributed by atoms with van der Waals surface area (Å²) in [7, 11) is 0. The zero-order valence-electron chi connectivity index (χ0n) is 5.76. The SMILES string of the molecule is O=C(O)CC1=CNCNC1=O. The van der Waals surface area contributed by atoms with Crippen molar-refractivity contribution in [3.05, 3.63) is 11.8 Å². The largest absolute Gasteiger partial charge is 0.481 e. The number of amides is 1. The van der Waals surface area contributed by atoms with E-state index in [1.807, 2.05) is 0 Å². The van der Waals surface area contributed by atoms with Crippen molar-refractivity contribution in [3.63, 3.8) is 0 Å². The molecule has 0 bridgehead atoms. The van der Waals surface area contributed by atoms with Crippen LogP contribution >= 0.6 is 0 Å². The Morgan fingerprint density at radius 1 is 1.73 bits per heavy atom. The van der Waals surface area contributed by atoms with Gasteiger partial charge in [0, 0.05) is 11.8 Å². The molecule has 5 heteroatoms. The van der Waals surface area contributed by atoms with Gasteiger partial charge in [0.05, 0.1) is 13.1 Å². The van der Waals surface area contributed by atoms with Crippen molar-refractivity contribution in [1.29, 1.82) is 0 Å². The van der Waals surface area contributed by atoms with Crippen LogP contribution in [0.3, 0.4) is 0 Å². The van der Waals surface area contributed by atoms with Crippen LogP contribution in [0.5, 0.6) is 0 Å². The molecule has 0 saturated carbocycles. The van der Waals surface area contributed by atoms with E-state index in [-0.39, 0.29) is 17.9 Å². The molecule has 0 aromatic carbocycles. The third-order valence-electron chi connectivity index (χ3n) is 1.26. The minimum atomic E-state index is -1.00. The maximum atomic E-state index is 10.8. The van der Waals surface area contributed by atoms with Crippen LogP contribution in [0.4, 0.5) is 0 Å². The molecule has 0 saturated heterocycles. The van der Waals surface area contributed by atoms with E-state index in [0.29, 0.717) is 6.67 Å². The average Bonchev–Trinajstić information content (AvgIpc) is 1.93. The number of hydrogen-bond acceptors (Lipinski definition) is 3. The van der Waals surface area contributed by atoms with Gasteiger partial charge in [0.25, 0.3) is 5.91 Å². The van der Waals surface area contributed by atoms with Gasteiger partial charge in [0.2, 0.25) is 0 Å². The van der Waals surface area contributed by atoms with Crippen LogP contribution in [0.1, 0.15) is 6.42 Å². The Morgan fingerprint density at radius 3 is 3.00 bits per heavy atom. The Hall–Kier alpha value is -1.52. The van der Waals surface area contributed by atoms with Crippen LogP contribution in [0.2, 0.25) is 0 Å². The Bertz CT molecular complexity index is 222. The van der Waals surface area contributed by atoms with E-state index in [0.717, 1.165) is 0 Å². The van der Waals surface area contributed by atoms with Crippen LogP contribution in [-0.2, 0) is 9.59 Å². The minimum absolute atomic E-state index is 0.237. The van der Waals surface area contributed by atoms with Gasteiger partial charge in [-0.3, -0.25) is 9.59 Å². The molecule has 0 aliphatic carbocycles. The second-order valence-electron chi connectivity index (χ2n) is 2.13. The molecule has 0 unspecified atom stereocenters. The highest BCUT2D eigenvalue weighted by Crippen LogP contribution is 2.01. The Morgan fingerprint density at radius 2 is 2.45 bits per heavy atom. The number of carboxylic acids is 1. The van der Waals surface area contributed by atoms with Crippen LogP contribution in [0.15, 0.2) is 11.8 Å². The van der Waals surface area contributed by atoms with E-state index in [1.165, 1.54) is 6.20 Å². The van der Waals surface area contributed by atoms with Crippen LogP contribution in [-0.4, -0.2) is 23.7 Å². The molecule has 1 rings (SSSR count). The van der Waals surface area contributed by atoms with Gasteiger partial charge in [0.15, 0.2) is 0 Å². The normalized spacial score (nSPS) is 16.4. The first-order chi connectivity index (χ1) is 5.20. The first kappa shape index (κ1) is 7.59. The lowest BCUT2D eigenvalue weighted by Crippen LogP contribution is -2.38. The molecule has 0 spiro atoms. The molecule has 0 aromatic rings. The van der Waals surface area contributed by atoms with E-state index >= 15 is 0 Å². The summed E-state index contributed by atoms with van der Waals surface area (Å²) in [5.74, 6) is -1.32. The maximum Gasteiger partial charge on any atom is 0.308 e. The van der Waals surface area contributed by atoms with Crippen LogP contribution in [0, 0.1) is 0 Å². The number of carbonyl (C=O) groups excluding carboxylic acids is 1. The van der Waals surface area contributed by atoms with E-state index < -0.39 is 5.97 Å². The second-order valence-corrected chi connectivity index (χ2v) is 2.13. The molecule has 0 atom stereocenters. The zero-order chi connectivity index (χ0) is 8.27. The smallest absolute Gasteiger partial charge is 0.308 e. The molecule has 0 radical (unpaired) electrons. The van der Waals surface area contributed by atoms with Gasteiger partial charge >= 0.3 is 5.97 Å². The molecular formula is C6H8N2O3. The van der Waals surface area contributed by atoms with Crippen molar-refractivity contribution in [2.45, 2.75) is 6.42 Å². The number of rotatable bonds is 2. The summed E-state index contributed by atoms with van der Waals surface area (Å²) in [6.07, 6.45) is 1.19. The van der Waals surface area contributed by atoms with Crippen molar-refractivity contribution in [1.82, 2.24) is 10.6 Å². The first-order valence-electron chi connectivity index (χ1n) is 3.12. The fourth-order valence-corrected chi connectivity index (χ4v) is 0.779. The van der Waals surface area contributed by atoms with Crippen molar-refractivity contribution in [3.8, 4) is 0 Å². The highest BCUT2D eigenvalue weighted by atomic mass is 16.4. The fraction of sp³-hybridized carbons (Fsp3) is 0.333. The lowest BCUT2D eigenvalue weighted by atomic mass is 10.2. The minimum Gasteiger partial charge on any atom is -0.481 e. The van der Waals surface area contributed by atoms with Gasteiger partial charge in [-0.25, -0.2) is 0 Å². The molecule has 1 heterocycles. The van der Waals surface area contributed by atoms with Crippen molar-refractivity contribution in [2.75, 3.05) is 6.67 Å². The van der Waals surface area contributed by atoms with E-state index in [2.05, 4.69) is 10.6 Å². The van der Waals surface area contributed by atoms with Crippen molar-refractivity contribution >= 4 is 11.9 Å². The van der Waals surface area contributed by atoms with Crippen molar-refractivity contribution < 1.29 is 14.7 Å². The molecule has 5 nitrogen and oxygen atoms in total. The maximum absolute atomic E-state index is 10.8. The van der Waals surface area contributed by atoms with E-state index in [1.54, 1.807) is 0 Å². The molecule has 1 aliphatic heterocycles. The van der Waals surface area contributed by atoms with Crippen molar-refractivity contribution in [2.24, 2.45) is 0 Å². The van der Waals surface area contributed by atoms with Gasteiger partial charge < -0.3 is 15.7 Å². The molecule has 0 aromatic heterocycles. The Labute approximate surface area is 63.1 Å². The fourth-order valence-electron chi connectivity index (χ4n) is 0.779. The number of hydrogen-bond donors (Lipinski definition) is 3. The average molecular weight is 156 g/mol. The number of aliphatic carboxylic acids is 1. The summed E-state index contributed by atoms with van der Waals surface area (Å²) in [6, 6.07) is 0. The predicted octanol–water partition coefficient (Wildman–Crippen LogP) is -0.978. The quantitative estimate of drug-likeness (QED) is 0.480. The van der Waals surface area contributed by atoms with Gasteiger partial charge in [-0.05, 0) is 0 Å². The first-order valence-corrected chi connectivity index (χ1v) is 3.12. The number of carbonyl (C=O) groups is 2. The summed E-state index contributed by atoms with van der Waals surface area (Å²) < 4.78 is 0. The zero-order valence-corrected chi connectivity index (χ0v) is 5.76. The summed E-state index contributed by atoms with van der Waals surface area (Å²) in [4.78, 5) is 21.0. The third-order valence-corrected chi connectivity index (χ3v) is 1.26. The number of nitrogens with one attached hydrogen (secondary N) is 2. The standard InChI is InChI=1S/C6H8N2O3/c9-5(10)1-4-2-7-3-8-6(4)11/h2,7H,1,3H2,(H,8,11)(H,9,10). The molecule has 60 valence electrons. The second kappa shape index (κ2) is 3.05. The molecule has 1 aliphatic rings. The highest BCUT2D eigenvalue weighted by Gasteiger charge is 2.14. The van der Waals surface area contributed by atoms with Crippen LogP contribution in [0.25, 0.3) is 0 Å². The molecule has 1 amide bonds. The van der Waals surface area contributed by atoms with Gasteiger partial charge in [-0.1, -0.05) is 0 Å². The summed E-state index contributed by atoms with van der Waals surface area (Å²) in [6.45, 7) is 0.363. The monoisotopic (exact) mass is 156 g/mol. The van der Waals surface area contributed by atoms with Crippen LogP contribution < -0.4 is 10.6 Å². The van der Waals surface area contributed by atoms with Gasteiger partial charge in [-0.15, -0.1) is 0 Å². The van der Waals surface area contributed by atoms with E-state index in [9.17, 15) is 9.59 Å². The predicted molar refractivity (Wildman–Crippen MR) is 36.5 cm³/mol. The summed E-state index contributed by atoms with van der Waals surface area (Å²) in [5.41, 5.74) is 0.253. The summed E-state index contributed by atoms with van der Waals surface area (Å²) in [5, 5.41) is 13.5. The molecule has 0 fully saturated rings. The molecule has 3 N–H and O–H groups in total. The Kier molecular flexibility index (Phi) is 2.10. The lowest BCUT2D eigenvalue weighted by Gasteiger charge is -2.13. The topological polar surface area (TPSA) is 78.4 Å². The third kappa shape index (κ3) is 1.96. The van der Waals surface area contributed by atoms with Gasteiger partial charge in [0.1, 0.15) is 0 Å². The van der Waals surface area contributed by atoms with Gasteiger partial charge in [-0.2, -0.15) is 0 Å².